The van der Waals surface area contributed by atoms with Crippen LogP contribution in [-0.2, 0) is 0 Å². The number of rotatable bonds is 6. The van der Waals surface area contributed by atoms with Crippen LogP contribution in [0, 0.1) is 0 Å². The number of benzene rings is 1. The van der Waals surface area contributed by atoms with Crippen molar-refractivity contribution in [1.82, 2.24) is 0 Å². The van der Waals surface area contributed by atoms with Gasteiger partial charge in [-0.1, -0.05) is 18.9 Å². The van der Waals surface area contributed by atoms with Crippen LogP contribution in [-0.4, -0.2) is 30.0 Å². The fraction of sp³-hybridized carbons (Fsp3) is 0.600. The lowest BCUT2D eigenvalue weighted by Crippen LogP contribution is -2.32. The molecule has 0 aromatic heterocycles. The predicted molar refractivity (Wildman–Crippen MR) is 74.5 cm³/mol. The summed E-state index contributed by atoms with van der Waals surface area (Å²) in [6, 6.07) is 7.47. The van der Waals surface area contributed by atoms with E-state index in [4.69, 9.17) is 15.2 Å². The van der Waals surface area contributed by atoms with Crippen molar-refractivity contribution in [3.8, 4) is 11.5 Å². The molecule has 106 valence electrons. The molecular weight excluding hydrogens is 242 g/mol. The lowest BCUT2D eigenvalue weighted by atomic mass is 10.0. The summed E-state index contributed by atoms with van der Waals surface area (Å²) in [5.41, 5.74) is 4.88. The minimum Gasteiger partial charge on any atom is -0.490 e. The van der Waals surface area contributed by atoms with Crippen molar-refractivity contribution in [2.75, 3.05) is 13.2 Å². The van der Waals surface area contributed by atoms with E-state index < -0.39 is 5.60 Å². The lowest BCUT2D eigenvalue weighted by molar-refractivity contribution is 0.00131. The number of ether oxygens (including phenoxy) is 2. The third kappa shape index (κ3) is 4.11. The predicted octanol–water partition coefficient (Wildman–Crippen LogP) is 2.10. The van der Waals surface area contributed by atoms with Crippen LogP contribution >= 0.6 is 0 Å². The van der Waals surface area contributed by atoms with Crippen LogP contribution in [0.3, 0.4) is 0 Å². The van der Waals surface area contributed by atoms with Crippen LogP contribution < -0.4 is 15.2 Å². The SMILES string of the molecule is C[C@H](CN)Oc1cccc(OCC2(O)CCCC2)c1. The summed E-state index contributed by atoms with van der Waals surface area (Å²) < 4.78 is 11.3. The molecule has 0 aliphatic heterocycles. The Morgan fingerprint density at radius 3 is 2.68 bits per heavy atom. The minimum absolute atomic E-state index is 0.0192. The third-order valence-electron chi connectivity index (χ3n) is 3.52. The molecule has 1 aromatic carbocycles. The molecule has 1 saturated carbocycles. The molecule has 1 aliphatic rings. The molecule has 0 radical (unpaired) electrons. The van der Waals surface area contributed by atoms with Crippen LogP contribution in [0.15, 0.2) is 24.3 Å². The second-order valence-corrected chi connectivity index (χ2v) is 5.36. The van der Waals surface area contributed by atoms with Crippen molar-refractivity contribution in [1.29, 1.82) is 0 Å². The fourth-order valence-electron chi connectivity index (χ4n) is 2.31. The first-order valence-corrected chi connectivity index (χ1v) is 6.93. The van der Waals surface area contributed by atoms with Gasteiger partial charge in [-0.05, 0) is 31.9 Å². The molecule has 0 bridgehead atoms. The van der Waals surface area contributed by atoms with E-state index in [1.807, 2.05) is 31.2 Å². The van der Waals surface area contributed by atoms with Crippen LogP contribution in [0.2, 0.25) is 0 Å². The number of hydrogen-bond acceptors (Lipinski definition) is 4. The summed E-state index contributed by atoms with van der Waals surface area (Å²) >= 11 is 0. The van der Waals surface area contributed by atoms with Crippen molar-refractivity contribution < 1.29 is 14.6 Å². The highest BCUT2D eigenvalue weighted by atomic mass is 16.5. The molecule has 1 fully saturated rings. The van der Waals surface area contributed by atoms with E-state index in [1.54, 1.807) is 0 Å². The molecule has 0 unspecified atom stereocenters. The largest absolute Gasteiger partial charge is 0.490 e. The third-order valence-corrected chi connectivity index (χ3v) is 3.52. The molecule has 0 saturated heterocycles. The van der Waals surface area contributed by atoms with Crippen molar-refractivity contribution in [2.45, 2.75) is 44.3 Å². The molecule has 19 heavy (non-hydrogen) atoms. The van der Waals surface area contributed by atoms with Gasteiger partial charge in [0.05, 0.1) is 5.60 Å². The van der Waals surface area contributed by atoms with Gasteiger partial charge in [0.15, 0.2) is 0 Å². The van der Waals surface area contributed by atoms with Crippen LogP contribution in [0.25, 0.3) is 0 Å². The Hall–Kier alpha value is -1.26. The molecule has 0 amide bonds. The number of hydrogen-bond donors (Lipinski definition) is 2. The van der Waals surface area contributed by atoms with E-state index in [-0.39, 0.29) is 6.10 Å². The number of nitrogens with two attached hydrogens (primary N) is 1. The molecule has 0 heterocycles. The quantitative estimate of drug-likeness (QED) is 0.826. The van der Waals surface area contributed by atoms with Gasteiger partial charge in [-0.15, -0.1) is 0 Å². The lowest BCUT2D eigenvalue weighted by Gasteiger charge is -2.22. The molecule has 4 heteroatoms. The summed E-state index contributed by atoms with van der Waals surface area (Å²) in [7, 11) is 0. The molecule has 1 aliphatic carbocycles. The van der Waals surface area contributed by atoms with E-state index in [9.17, 15) is 5.11 Å². The number of aliphatic hydroxyl groups is 1. The first-order chi connectivity index (χ1) is 9.11. The summed E-state index contributed by atoms with van der Waals surface area (Å²) in [5.74, 6) is 1.47. The zero-order chi connectivity index (χ0) is 13.7. The fourth-order valence-corrected chi connectivity index (χ4v) is 2.31. The van der Waals surface area contributed by atoms with Crippen molar-refractivity contribution in [3.63, 3.8) is 0 Å². The summed E-state index contributed by atoms with van der Waals surface area (Å²) in [5, 5.41) is 10.2. The zero-order valence-electron chi connectivity index (χ0n) is 11.5. The Balaban J connectivity index is 1.91. The first-order valence-electron chi connectivity index (χ1n) is 6.93. The molecule has 1 aromatic rings. The van der Waals surface area contributed by atoms with Gasteiger partial charge in [0.25, 0.3) is 0 Å². The van der Waals surface area contributed by atoms with Gasteiger partial charge in [-0.2, -0.15) is 0 Å². The van der Waals surface area contributed by atoms with Crippen molar-refractivity contribution in [3.05, 3.63) is 24.3 Å². The first kappa shape index (κ1) is 14.2. The van der Waals surface area contributed by atoms with Gasteiger partial charge in [0.2, 0.25) is 0 Å². The molecule has 1 atom stereocenters. The van der Waals surface area contributed by atoms with Crippen LogP contribution in [0.1, 0.15) is 32.6 Å². The normalized spacial score (nSPS) is 19.1. The summed E-state index contributed by atoms with van der Waals surface area (Å²) in [6.45, 7) is 2.75. The zero-order valence-corrected chi connectivity index (χ0v) is 11.5. The molecule has 0 spiro atoms. The Kier molecular flexibility index (Phi) is 4.66. The Labute approximate surface area is 114 Å². The van der Waals surface area contributed by atoms with E-state index in [0.717, 1.165) is 37.2 Å². The Morgan fingerprint density at radius 1 is 1.32 bits per heavy atom. The maximum Gasteiger partial charge on any atom is 0.123 e. The monoisotopic (exact) mass is 265 g/mol. The Bertz CT molecular complexity index is 402. The molecular formula is C15H23NO3. The van der Waals surface area contributed by atoms with E-state index in [1.165, 1.54) is 0 Å². The Morgan fingerprint density at radius 2 is 2.00 bits per heavy atom. The summed E-state index contributed by atoms with van der Waals surface area (Å²) in [6.07, 6.45) is 3.80. The van der Waals surface area contributed by atoms with Crippen molar-refractivity contribution in [2.24, 2.45) is 5.73 Å². The summed E-state index contributed by atoms with van der Waals surface area (Å²) in [4.78, 5) is 0. The average Bonchev–Trinajstić information content (AvgIpc) is 2.84. The highest BCUT2D eigenvalue weighted by molar-refractivity contribution is 5.33. The smallest absolute Gasteiger partial charge is 0.123 e. The van der Waals surface area contributed by atoms with Crippen LogP contribution in [0.4, 0.5) is 0 Å². The van der Waals surface area contributed by atoms with Gasteiger partial charge in [-0.3, -0.25) is 0 Å². The van der Waals surface area contributed by atoms with Gasteiger partial charge >= 0.3 is 0 Å². The highest BCUT2D eigenvalue weighted by Crippen LogP contribution is 2.30. The average molecular weight is 265 g/mol. The standard InChI is InChI=1S/C15H23NO3/c1-12(10-16)19-14-6-4-5-13(9-14)18-11-15(17)7-2-3-8-15/h4-6,9,12,17H,2-3,7-8,10-11,16H2,1H3/t12-/m1/s1. The maximum atomic E-state index is 10.2. The second-order valence-electron chi connectivity index (χ2n) is 5.36. The topological polar surface area (TPSA) is 64.7 Å². The molecule has 3 N–H and O–H groups in total. The maximum absolute atomic E-state index is 10.2. The van der Waals surface area contributed by atoms with E-state index >= 15 is 0 Å². The van der Waals surface area contributed by atoms with Gasteiger partial charge in [0.1, 0.15) is 24.2 Å². The molecule has 2 rings (SSSR count). The van der Waals surface area contributed by atoms with E-state index in [2.05, 4.69) is 0 Å². The minimum atomic E-state index is -0.651. The van der Waals surface area contributed by atoms with Gasteiger partial charge in [-0.25, -0.2) is 0 Å². The second kappa shape index (κ2) is 6.26. The van der Waals surface area contributed by atoms with Crippen LogP contribution in [0.5, 0.6) is 11.5 Å². The highest BCUT2D eigenvalue weighted by Gasteiger charge is 2.31. The van der Waals surface area contributed by atoms with E-state index in [0.29, 0.717) is 13.2 Å². The molecule has 4 nitrogen and oxygen atoms in total. The van der Waals surface area contributed by atoms with Crippen molar-refractivity contribution >= 4 is 0 Å². The van der Waals surface area contributed by atoms with Gasteiger partial charge < -0.3 is 20.3 Å². The van der Waals surface area contributed by atoms with Gasteiger partial charge in [0, 0.05) is 12.6 Å².